The van der Waals surface area contributed by atoms with Crippen molar-refractivity contribution < 1.29 is 5.11 Å². The van der Waals surface area contributed by atoms with E-state index in [1.807, 2.05) is 22.9 Å². The third-order valence-corrected chi connectivity index (χ3v) is 2.84. The van der Waals surface area contributed by atoms with Crippen LogP contribution in [0, 0.1) is 0 Å². The Balaban J connectivity index is 2.11. The van der Waals surface area contributed by atoms with E-state index in [0.29, 0.717) is 12.1 Å². The van der Waals surface area contributed by atoms with Crippen molar-refractivity contribution in [2.75, 3.05) is 5.73 Å². The maximum Gasteiger partial charge on any atom is 0.111 e. The number of aryl methyl sites for hydroxylation is 1. The third kappa shape index (κ3) is 2.65. The summed E-state index contributed by atoms with van der Waals surface area (Å²) in [5.74, 6) is 0.900. The van der Waals surface area contributed by atoms with Gasteiger partial charge in [0.2, 0.25) is 0 Å². The Morgan fingerprint density at radius 3 is 2.71 bits per heavy atom. The minimum Gasteiger partial charge on any atom is -0.399 e. The number of imidazole rings is 1. The zero-order valence-electron chi connectivity index (χ0n) is 9.87. The second-order valence-electron chi connectivity index (χ2n) is 4.02. The lowest BCUT2D eigenvalue weighted by Crippen LogP contribution is -2.08. The number of hydrogen-bond donors (Lipinski definition) is 2. The summed E-state index contributed by atoms with van der Waals surface area (Å²) < 4.78 is 2.03. The highest BCUT2D eigenvalue weighted by atomic mass is 16.3. The minimum absolute atomic E-state index is 0.519. The summed E-state index contributed by atoms with van der Waals surface area (Å²) in [6, 6.07) is 7.29. The number of nitrogen functional groups attached to an aromatic ring is 1. The highest BCUT2D eigenvalue weighted by Gasteiger charge is 2.11. The van der Waals surface area contributed by atoms with E-state index >= 15 is 0 Å². The fraction of sp³-hybridized carbons (Fsp3) is 0.308. The van der Waals surface area contributed by atoms with Crippen LogP contribution in [0.1, 0.15) is 24.4 Å². The molecule has 0 aliphatic rings. The molecule has 0 aliphatic carbocycles. The highest BCUT2D eigenvalue weighted by Crippen LogP contribution is 2.18. The Kier molecular flexibility index (Phi) is 3.44. The van der Waals surface area contributed by atoms with Crippen LogP contribution < -0.4 is 5.73 Å². The zero-order valence-corrected chi connectivity index (χ0v) is 9.87. The first-order valence-corrected chi connectivity index (χ1v) is 5.74. The Hall–Kier alpha value is -1.81. The van der Waals surface area contributed by atoms with Crippen LogP contribution in [0.15, 0.2) is 36.7 Å². The summed E-state index contributed by atoms with van der Waals surface area (Å²) in [5, 5.41) is 10.1. The average molecular weight is 231 g/mol. The summed E-state index contributed by atoms with van der Waals surface area (Å²) in [6.45, 7) is 2.92. The second-order valence-corrected chi connectivity index (χ2v) is 4.02. The second kappa shape index (κ2) is 5.01. The predicted molar refractivity (Wildman–Crippen MR) is 67.4 cm³/mol. The van der Waals surface area contributed by atoms with Gasteiger partial charge in [-0.05, 0) is 24.6 Å². The lowest BCUT2D eigenvalue weighted by atomic mass is 10.1. The predicted octanol–water partition coefficient (Wildman–Crippen LogP) is 1.76. The van der Waals surface area contributed by atoms with E-state index in [-0.39, 0.29) is 0 Å². The molecular formula is C13H17N3O. The molecule has 2 aromatic rings. The molecule has 0 aliphatic heterocycles. The van der Waals surface area contributed by atoms with E-state index in [9.17, 15) is 5.11 Å². The van der Waals surface area contributed by atoms with Crippen molar-refractivity contribution >= 4 is 5.69 Å². The molecule has 0 saturated carbocycles. The Bertz CT molecular complexity index is 476. The normalized spacial score (nSPS) is 12.6. The van der Waals surface area contributed by atoms with Gasteiger partial charge in [-0.2, -0.15) is 0 Å². The first-order chi connectivity index (χ1) is 8.20. The lowest BCUT2D eigenvalue weighted by molar-refractivity contribution is 0.174. The Morgan fingerprint density at radius 1 is 1.35 bits per heavy atom. The van der Waals surface area contributed by atoms with Gasteiger partial charge in [-0.15, -0.1) is 0 Å². The highest BCUT2D eigenvalue weighted by molar-refractivity contribution is 5.39. The molecular weight excluding hydrogens is 214 g/mol. The molecule has 2 rings (SSSR count). The quantitative estimate of drug-likeness (QED) is 0.788. The van der Waals surface area contributed by atoms with Gasteiger partial charge in [0, 0.05) is 31.0 Å². The van der Waals surface area contributed by atoms with Crippen molar-refractivity contribution in [3.8, 4) is 0 Å². The van der Waals surface area contributed by atoms with E-state index in [0.717, 1.165) is 17.9 Å². The molecule has 0 spiro atoms. The van der Waals surface area contributed by atoms with Crippen LogP contribution in [-0.2, 0) is 13.0 Å². The lowest BCUT2D eigenvalue weighted by Gasteiger charge is -2.12. The molecule has 0 radical (unpaired) electrons. The smallest absolute Gasteiger partial charge is 0.111 e. The first-order valence-electron chi connectivity index (χ1n) is 5.74. The number of hydrogen-bond acceptors (Lipinski definition) is 3. The molecule has 1 heterocycles. The van der Waals surface area contributed by atoms with Gasteiger partial charge in [-0.3, -0.25) is 0 Å². The van der Waals surface area contributed by atoms with E-state index in [4.69, 9.17) is 5.73 Å². The molecule has 0 fully saturated rings. The summed E-state index contributed by atoms with van der Waals surface area (Å²) in [4.78, 5) is 4.25. The van der Waals surface area contributed by atoms with Crippen molar-refractivity contribution in [3.63, 3.8) is 0 Å². The van der Waals surface area contributed by atoms with E-state index in [1.165, 1.54) is 0 Å². The number of aliphatic hydroxyl groups excluding tert-OH is 1. The SMILES string of the molecule is CCn1ccnc1CC(O)c1ccc(N)cc1. The van der Waals surface area contributed by atoms with Gasteiger partial charge in [-0.1, -0.05) is 12.1 Å². The molecule has 17 heavy (non-hydrogen) atoms. The van der Waals surface area contributed by atoms with Crippen LogP contribution in [0.5, 0.6) is 0 Å². The summed E-state index contributed by atoms with van der Waals surface area (Å²) in [7, 11) is 0. The number of rotatable bonds is 4. The van der Waals surface area contributed by atoms with E-state index in [1.54, 1.807) is 18.3 Å². The average Bonchev–Trinajstić information content (AvgIpc) is 2.77. The van der Waals surface area contributed by atoms with Crippen molar-refractivity contribution in [1.82, 2.24) is 9.55 Å². The maximum absolute atomic E-state index is 10.1. The van der Waals surface area contributed by atoms with Gasteiger partial charge in [0.1, 0.15) is 5.82 Å². The van der Waals surface area contributed by atoms with Gasteiger partial charge in [0.05, 0.1) is 6.10 Å². The van der Waals surface area contributed by atoms with Crippen LogP contribution in [0.4, 0.5) is 5.69 Å². The molecule has 90 valence electrons. The Labute approximate surface area is 101 Å². The van der Waals surface area contributed by atoms with Crippen LogP contribution >= 0.6 is 0 Å². The molecule has 0 amide bonds. The number of aromatic nitrogens is 2. The standard InChI is InChI=1S/C13H17N3O/c1-2-16-8-7-15-13(16)9-12(17)10-3-5-11(14)6-4-10/h3-8,12,17H,2,9,14H2,1H3. The van der Waals surface area contributed by atoms with Crippen LogP contribution in [0.25, 0.3) is 0 Å². The number of nitrogens with two attached hydrogens (primary N) is 1. The van der Waals surface area contributed by atoms with Crippen molar-refractivity contribution in [1.29, 1.82) is 0 Å². The minimum atomic E-state index is -0.539. The summed E-state index contributed by atoms with van der Waals surface area (Å²) >= 11 is 0. The summed E-state index contributed by atoms with van der Waals surface area (Å²) in [6.07, 6.45) is 3.66. The third-order valence-electron chi connectivity index (χ3n) is 2.84. The van der Waals surface area contributed by atoms with Gasteiger partial charge in [-0.25, -0.2) is 4.98 Å². The largest absolute Gasteiger partial charge is 0.399 e. The van der Waals surface area contributed by atoms with E-state index < -0.39 is 6.10 Å². The summed E-state index contributed by atoms with van der Waals surface area (Å²) in [5.41, 5.74) is 7.18. The molecule has 1 aromatic carbocycles. The topological polar surface area (TPSA) is 64.1 Å². The number of nitrogens with zero attached hydrogens (tertiary/aromatic N) is 2. The number of aliphatic hydroxyl groups is 1. The molecule has 4 heteroatoms. The monoisotopic (exact) mass is 231 g/mol. The molecule has 3 N–H and O–H groups in total. The van der Waals surface area contributed by atoms with Crippen LogP contribution in [0.2, 0.25) is 0 Å². The van der Waals surface area contributed by atoms with Gasteiger partial charge >= 0.3 is 0 Å². The zero-order chi connectivity index (χ0) is 12.3. The van der Waals surface area contributed by atoms with Crippen LogP contribution in [0.3, 0.4) is 0 Å². The number of benzene rings is 1. The van der Waals surface area contributed by atoms with Gasteiger partial charge < -0.3 is 15.4 Å². The van der Waals surface area contributed by atoms with Crippen molar-refractivity contribution in [2.24, 2.45) is 0 Å². The molecule has 0 bridgehead atoms. The van der Waals surface area contributed by atoms with Crippen molar-refractivity contribution in [2.45, 2.75) is 26.0 Å². The molecule has 1 aromatic heterocycles. The molecule has 4 nitrogen and oxygen atoms in total. The number of anilines is 1. The van der Waals surface area contributed by atoms with E-state index in [2.05, 4.69) is 11.9 Å². The molecule has 1 unspecified atom stereocenters. The Morgan fingerprint density at radius 2 is 2.06 bits per heavy atom. The van der Waals surface area contributed by atoms with Crippen molar-refractivity contribution in [3.05, 3.63) is 48.0 Å². The molecule has 1 atom stereocenters. The molecule has 0 saturated heterocycles. The fourth-order valence-electron chi connectivity index (χ4n) is 1.83. The van der Waals surface area contributed by atoms with Gasteiger partial charge in [0.15, 0.2) is 0 Å². The maximum atomic E-state index is 10.1. The van der Waals surface area contributed by atoms with Gasteiger partial charge in [0.25, 0.3) is 0 Å². The van der Waals surface area contributed by atoms with Crippen LogP contribution in [-0.4, -0.2) is 14.7 Å². The first kappa shape index (κ1) is 11.7. The fourth-order valence-corrected chi connectivity index (χ4v) is 1.83.